The summed E-state index contributed by atoms with van der Waals surface area (Å²) >= 11 is 0. The number of benzene rings is 2. The molecule has 0 aliphatic rings. The normalized spacial score (nSPS) is 10.3. The number of aromatic nitrogens is 1. The molecular formula is C18H15N3O5. The number of nitrogens with two attached hydrogens (primary N) is 2. The first-order valence-corrected chi connectivity index (χ1v) is 7.51. The lowest BCUT2D eigenvalue weighted by atomic mass is 10.2. The molecule has 0 atom stereocenters. The van der Waals surface area contributed by atoms with Gasteiger partial charge in [0, 0.05) is 0 Å². The van der Waals surface area contributed by atoms with Gasteiger partial charge < -0.3 is 31.3 Å². The fourth-order valence-electron chi connectivity index (χ4n) is 2.17. The van der Waals surface area contributed by atoms with Gasteiger partial charge >= 0.3 is 17.7 Å². The Balaban J connectivity index is 2.05. The van der Waals surface area contributed by atoms with Crippen LogP contribution in [0, 0.1) is 5.21 Å². The van der Waals surface area contributed by atoms with Gasteiger partial charge in [-0.05, 0) is 24.3 Å². The minimum absolute atomic E-state index is 0.189. The summed E-state index contributed by atoms with van der Waals surface area (Å²) in [6, 6.07) is 15.2. The Hall–Kier alpha value is -3.94. The molecule has 3 aromatic rings. The van der Waals surface area contributed by atoms with Gasteiger partial charge in [0.05, 0.1) is 29.1 Å². The molecule has 0 fully saturated rings. The van der Waals surface area contributed by atoms with Gasteiger partial charge in [0.2, 0.25) is 0 Å². The summed E-state index contributed by atoms with van der Waals surface area (Å²) in [4.78, 5) is 11.4. The molecule has 26 heavy (non-hydrogen) atoms. The summed E-state index contributed by atoms with van der Waals surface area (Å²) in [6.07, 6.45) is 0. The van der Waals surface area contributed by atoms with E-state index < -0.39 is 5.97 Å². The Labute approximate surface area is 148 Å². The molecule has 2 aromatic carbocycles. The third-order valence-electron chi connectivity index (χ3n) is 3.47. The number of carbonyl (C=O) groups is 1. The lowest BCUT2D eigenvalue weighted by Gasteiger charge is -2.12. The number of anilines is 2. The van der Waals surface area contributed by atoms with Crippen molar-refractivity contribution in [1.29, 1.82) is 0 Å². The monoisotopic (exact) mass is 353 g/mol. The number of rotatable bonds is 5. The molecule has 0 spiro atoms. The lowest BCUT2D eigenvalue weighted by Crippen LogP contribution is -2.31. The topological polar surface area (TPSA) is 135 Å². The molecule has 0 amide bonds. The van der Waals surface area contributed by atoms with Crippen molar-refractivity contribution in [2.45, 2.75) is 0 Å². The minimum atomic E-state index is -1.25. The molecule has 1 heterocycles. The Kier molecular flexibility index (Phi) is 4.48. The molecule has 8 heteroatoms. The van der Waals surface area contributed by atoms with Crippen LogP contribution in [0.1, 0.15) is 10.4 Å². The van der Waals surface area contributed by atoms with Crippen LogP contribution < -0.4 is 25.7 Å². The van der Waals surface area contributed by atoms with E-state index in [4.69, 9.17) is 20.9 Å². The van der Waals surface area contributed by atoms with Gasteiger partial charge in [-0.3, -0.25) is 0 Å². The third-order valence-corrected chi connectivity index (χ3v) is 3.47. The summed E-state index contributed by atoms with van der Waals surface area (Å²) in [5, 5.41) is 21.9. The molecule has 3 rings (SSSR count). The number of nitrogen functional groups attached to an aromatic ring is 2. The van der Waals surface area contributed by atoms with Crippen LogP contribution in [0.5, 0.6) is 23.3 Å². The van der Waals surface area contributed by atoms with E-state index in [-0.39, 0.29) is 28.8 Å². The van der Waals surface area contributed by atoms with Crippen LogP contribution in [-0.4, -0.2) is 11.1 Å². The Morgan fingerprint density at radius 2 is 1.31 bits per heavy atom. The van der Waals surface area contributed by atoms with Crippen molar-refractivity contribution in [3.8, 4) is 23.3 Å². The van der Waals surface area contributed by atoms with E-state index in [9.17, 15) is 15.1 Å². The van der Waals surface area contributed by atoms with E-state index in [2.05, 4.69) is 0 Å². The molecule has 0 unspecified atom stereocenters. The number of ether oxygens (including phenoxy) is 2. The van der Waals surface area contributed by atoms with Crippen molar-refractivity contribution < 1.29 is 24.1 Å². The van der Waals surface area contributed by atoms with Crippen LogP contribution in [0.2, 0.25) is 0 Å². The number of hydrogen-bond acceptors (Lipinski definition) is 6. The number of pyridine rings is 1. The molecule has 0 saturated carbocycles. The zero-order chi connectivity index (χ0) is 18.7. The SMILES string of the molecule is Nc1ccccc1Oc1cc(C(=O)O)cc(Oc2ccccc2N)[n+]1[O-]. The van der Waals surface area contributed by atoms with Crippen molar-refractivity contribution in [3.63, 3.8) is 0 Å². The third kappa shape index (κ3) is 3.44. The summed E-state index contributed by atoms with van der Waals surface area (Å²) in [6.45, 7) is 0. The molecule has 0 radical (unpaired) electrons. The van der Waals surface area contributed by atoms with Crippen molar-refractivity contribution in [3.05, 3.63) is 71.4 Å². The predicted octanol–water partition coefficient (Wildman–Crippen LogP) is 2.77. The average molecular weight is 353 g/mol. The van der Waals surface area contributed by atoms with Gasteiger partial charge in [-0.2, -0.15) is 0 Å². The van der Waals surface area contributed by atoms with Crippen LogP contribution >= 0.6 is 0 Å². The van der Waals surface area contributed by atoms with Crippen molar-refractivity contribution in [2.75, 3.05) is 11.5 Å². The summed E-state index contributed by atoms with van der Waals surface area (Å²) < 4.78 is 11.3. The second-order valence-electron chi connectivity index (χ2n) is 5.30. The summed E-state index contributed by atoms with van der Waals surface area (Å²) in [5.74, 6) is -1.42. The number of carboxylic acids is 1. The van der Waals surface area contributed by atoms with Crippen LogP contribution in [-0.2, 0) is 0 Å². The van der Waals surface area contributed by atoms with E-state index in [1.165, 1.54) is 0 Å². The van der Waals surface area contributed by atoms with E-state index in [1.54, 1.807) is 48.5 Å². The van der Waals surface area contributed by atoms with Gasteiger partial charge in [-0.25, -0.2) is 4.79 Å². The quantitative estimate of drug-likeness (QED) is 0.364. The van der Waals surface area contributed by atoms with Gasteiger partial charge in [0.1, 0.15) is 0 Å². The molecular weight excluding hydrogens is 338 g/mol. The van der Waals surface area contributed by atoms with Gasteiger partial charge in [0.25, 0.3) is 0 Å². The Morgan fingerprint density at radius 1 is 0.885 bits per heavy atom. The summed E-state index contributed by atoms with van der Waals surface area (Å²) in [5.41, 5.74) is 12.0. The van der Waals surface area contributed by atoms with Crippen molar-refractivity contribution in [2.24, 2.45) is 0 Å². The zero-order valence-electron chi connectivity index (χ0n) is 13.5. The highest BCUT2D eigenvalue weighted by Crippen LogP contribution is 2.30. The highest BCUT2D eigenvalue weighted by molar-refractivity contribution is 5.88. The highest BCUT2D eigenvalue weighted by Gasteiger charge is 2.22. The van der Waals surface area contributed by atoms with E-state index >= 15 is 0 Å². The maximum absolute atomic E-state index is 12.6. The van der Waals surface area contributed by atoms with Crippen LogP contribution in [0.15, 0.2) is 60.7 Å². The minimum Gasteiger partial charge on any atom is -0.613 e. The first-order chi connectivity index (χ1) is 12.5. The number of nitrogens with zero attached hydrogens (tertiary/aromatic N) is 1. The Morgan fingerprint density at radius 3 is 1.69 bits per heavy atom. The maximum Gasteiger partial charge on any atom is 0.389 e. The molecule has 132 valence electrons. The lowest BCUT2D eigenvalue weighted by molar-refractivity contribution is -0.616. The fraction of sp³-hybridized carbons (Fsp3) is 0. The molecule has 0 bridgehead atoms. The smallest absolute Gasteiger partial charge is 0.389 e. The molecule has 1 aromatic heterocycles. The van der Waals surface area contributed by atoms with Crippen LogP contribution in [0.25, 0.3) is 0 Å². The van der Waals surface area contributed by atoms with Crippen molar-refractivity contribution in [1.82, 2.24) is 0 Å². The summed E-state index contributed by atoms with van der Waals surface area (Å²) in [7, 11) is 0. The van der Waals surface area contributed by atoms with Crippen LogP contribution in [0.3, 0.4) is 0 Å². The second kappa shape index (κ2) is 6.89. The molecule has 5 N–H and O–H groups in total. The Bertz CT molecular complexity index is 906. The van der Waals surface area contributed by atoms with E-state index in [0.717, 1.165) is 12.1 Å². The standard InChI is InChI=1S/C18H15N3O5/c19-12-5-1-3-7-14(12)25-16-9-11(18(22)23)10-17(21(16)24)26-15-8-4-2-6-13(15)20/h1-10H,19-20H2,(H,22,23). The number of aromatic carboxylic acids is 1. The van der Waals surface area contributed by atoms with Crippen LogP contribution in [0.4, 0.5) is 11.4 Å². The molecule has 8 nitrogen and oxygen atoms in total. The van der Waals surface area contributed by atoms with E-state index in [0.29, 0.717) is 16.1 Å². The second-order valence-corrected chi connectivity index (χ2v) is 5.30. The number of para-hydroxylation sites is 4. The maximum atomic E-state index is 12.6. The average Bonchev–Trinajstić information content (AvgIpc) is 2.61. The number of hydrogen-bond donors (Lipinski definition) is 3. The molecule has 0 aliphatic carbocycles. The zero-order valence-corrected chi connectivity index (χ0v) is 13.5. The first kappa shape index (κ1) is 16.9. The predicted molar refractivity (Wildman–Crippen MR) is 94.2 cm³/mol. The fourth-order valence-corrected chi connectivity index (χ4v) is 2.17. The largest absolute Gasteiger partial charge is 0.613 e. The van der Waals surface area contributed by atoms with E-state index in [1.807, 2.05) is 0 Å². The first-order valence-electron chi connectivity index (χ1n) is 7.51. The van der Waals surface area contributed by atoms with Gasteiger partial charge in [0.15, 0.2) is 11.5 Å². The molecule has 0 saturated heterocycles. The number of carboxylic acid groups (broad SMARTS) is 1. The molecule has 0 aliphatic heterocycles. The van der Waals surface area contributed by atoms with Crippen molar-refractivity contribution >= 4 is 17.3 Å². The van der Waals surface area contributed by atoms with Gasteiger partial charge in [-0.15, -0.1) is 0 Å². The van der Waals surface area contributed by atoms with Gasteiger partial charge in [-0.1, -0.05) is 29.0 Å². The highest BCUT2D eigenvalue weighted by atomic mass is 16.6.